The molecule has 0 aliphatic carbocycles. The average molecular weight is 999 g/mol. The highest BCUT2D eigenvalue weighted by atomic mass is 16.8. The third-order valence-electron chi connectivity index (χ3n) is 12.1. The summed E-state index contributed by atoms with van der Waals surface area (Å²) < 4.78 is 50.9. The molecular weight excluding hydrogens is 936 g/mol. The summed E-state index contributed by atoms with van der Waals surface area (Å²) in [5.41, 5.74) is 0. The van der Waals surface area contributed by atoms with Gasteiger partial charge in [-0.15, -0.1) is 0 Å². The topological polar surface area (TPSA) is 502 Å². The molecule has 0 radical (unpaired) electrons. The second-order valence-electron chi connectivity index (χ2n) is 16.9. The van der Waals surface area contributed by atoms with Crippen LogP contribution in [0.2, 0.25) is 0 Å². The number of hydrogen-bond acceptors (Lipinski definition) is 28. The van der Waals surface area contributed by atoms with Gasteiger partial charge in [0.05, 0.1) is 45.2 Å². The molecule has 68 heavy (non-hydrogen) atoms. The number of carboxylic acid groups (broad SMARTS) is 1. The van der Waals surface area contributed by atoms with Gasteiger partial charge in [-0.3, -0.25) is 9.59 Å². The molecule has 394 valence electrons. The van der Waals surface area contributed by atoms with Crippen molar-refractivity contribution in [2.75, 3.05) is 33.0 Å². The standard InChI is InChI=1S/C37H62N2O29/c1-9(44)38-17-11(46)3-37(36(58)59,68-30(17)19(48)12(47)4-40)60-8-16-29(66-34-26(55)23(52)20(49)13(5-41)62-34)22(51)18(39-10(2)45)33(64-16)67-31-21(50)14(6-42)63-35(27(31)56)65-28-15(7-43)61-32(57)25(54)24(28)53/h11-35,40-43,46-57H,3-8H2,1-2H3,(H,38,44)(H,39,45)(H,58,59)/t11-,12+,13+,14+,15+,16+,17+,18+,19+,20-,21-,22+,23-,24+,25+,26+,27+,28+,29+,30+,31-,32?,33-,34-,35-,37+/m0/s1. The van der Waals surface area contributed by atoms with Crippen molar-refractivity contribution < 1.29 is 144 Å². The largest absolute Gasteiger partial charge is 0.477 e. The highest BCUT2D eigenvalue weighted by Gasteiger charge is 2.59. The lowest BCUT2D eigenvalue weighted by atomic mass is 9.88. The van der Waals surface area contributed by atoms with Crippen LogP contribution in [0.15, 0.2) is 0 Å². The van der Waals surface area contributed by atoms with E-state index in [0.717, 1.165) is 13.8 Å². The zero-order valence-electron chi connectivity index (χ0n) is 36.2. The Hall–Kier alpha value is -2.59. The zero-order chi connectivity index (χ0) is 50.7. The minimum atomic E-state index is -3.09. The van der Waals surface area contributed by atoms with Crippen molar-refractivity contribution >= 4 is 17.8 Å². The van der Waals surface area contributed by atoms with Gasteiger partial charge in [-0.1, -0.05) is 0 Å². The molecule has 5 heterocycles. The molecule has 5 fully saturated rings. The molecule has 5 saturated heterocycles. The predicted octanol–water partition coefficient (Wildman–Crippen LogP) is -12.4. The number of carbonyl (C=O) groups is 3. The molecule has 5 aliphatic rings. The van der Waals surface area contributed by atoms with E-state index >= 15 is 0 Å². The van der Waals surface area contributed by atoms with Gasteiger partial charge >= 0.3 is 5.97 Å². The fourth-order valence-corrected chi connectivity index (χ4v) is 8.43. The number of hydrogen-bond donors (Lipinski definition) is 19. The molecule has 0 aromatic rings. The maximum absolute atomic E-state index is 13.0. The normalized spacial score (nSPS) is 46.6. The highest BCUT2D eigenvalue weighted by Crippen LogP contribution is 2.38. The Morgan fingerprint density at radius 3 is 1.65 bits per heavy atom. The SMILES string of the molecule is CC(=O)N[C@H]1[C@H](O[C@H]2[C@@H](O)[C@@H](CO)O[C@@H](O[C@H]3[C@H](O)[C@@H](O)C(O)O[C@@H]3CO)[C@@H]2O)O[C@H](CO[C@]2(C(=O)O)C[C@H](O)[C@@H](NC(C)=O)[C@H]([C@H](O)[C@H](O)CO)O2)[C@@H](O[C@@H]2O[C@H](CO)[C@H](O)[C@H](O)[C@H]2O)[C@@H]1O. The van der Waals surface area contributed by atoms with Gasteiger partial charge < -0.3 is 140 Å². The number of carboxylic acids is 1. The lowest BCUT2D eigenvalue weighted by Crippen LogP contribution is -2.70. The summed E-state index contributed by atoms with van der Waals surface area (Å²) in [5.74, 6) is -6.84. The van der Waals surface area contributed by atoms with Crippen LogP contribution in [-0.4, -0.2) is 297 Å². The van der Waals surface area contributed by atoms with Gasteiger partial charge in [-0.2, -0.15) is 0 Å². The molecule has 0 aromatic heterocycles. The van der Waals surface area contributed by atoms with Crippen molar-refractivity contribution in [2.24, 2.45) is 0 Å². The van der Waals surface area contributed by atoms with E-state index in [1.807, 2.05) is 0 Å². The molecule has 0 spiro atoms. The van der Waals surface area contributed by atoms with Crippen LogP contribution < -0.4 is 10.6 Å². The van der Waals surface area contributed by atoms with E-state index in [1.54, 1.807) is 0 Å². The zero-order valence-corrected chi connectivity index (χ0v) is 36.2. The predicted molar refractivity (Wildman–Crippen MR) is 207 cm³/mol. The smallest absolute Gasteiger partial charge is 0.364 e. The number of aliphatic hydroxyl groups excluding tert-OH is 16. The molecule has 19 N–H and O–H groups in total. The van der Waals surface area contributed by atoms with Gasteiger partial charge in [0, 0.05) is 20.3 Å². The van der Waals surface area contributed by atoms with Gasteiger partial charge in [-0.05, 0) is 0 Å². The summed E-state index contributed by atoms with van der Waals surface area (Å²) in [6.07, 6.45) is -47.2. The molecule has 31 nitrogen and oxygen atoms in total. The molecule has 0 saturated carbocycles. The molecule has 31 heteroatoms. The number of carbonyl (C=O) groups excluding carboxylic acids is 2. The maximum Gasteiger partial charge on any atom is 0.364 e. The van der Waals surface area contributed by atoms with Crippen molar-refractivity contribution in [1.29, 1.82) is 0 Å². The Bertz CT molecular complexity index is 1650. The molecule has 26 atom stereocenters. The second kappa shape index (κ2) is 23.8. The summed E-state index contributed by atoms with van der Waals surface area (Å²) in [6.45, 7) is -3.31. The molecule has 0 bridgehead atoms. The number of rotatable bonds is 18. The van der Waals surface area contributed by atoms with Crippen molar-refractivity contribution in [1.82, 2.24) is 10.6 Å². The number of nitrogens with one attached hydrogen (secondary N) is 2. The van der Waals surface area contributed by atoms with Crippen molar-refractivity contribution in [3.8, 4) is 0 Å². The summed E-state index contributed by atoms with van der Waals surface area (Å²) in [4.78, 5) is 37.8. The Morgan fingerprint density at radius 2 is 1.10 bits per heavy atom. The Morgan fingerprint density at radius 1 is 0.588 bits per heavy atom. The monoisotopic (exact) mass is 998 g/mol. The van der Waals surface area contributed by atoms with Gasteiger partial charge in [0.1, 0.15) is 116 Å². The van der Waals surface area contributed by atoms with Crippen molar-refractivity contribution in [3.05, 3.63) is 0 Å². The molecule has 0 aromatic carbocycles. The Kier molecular flexibility index (Phi) is 19.7. The molecule has 5 aliphatic heterocycles. The molecule has 2 amide bonds. The summed E-state index contributed by atoms with van der Waals surface area (Å²) in [6, 6.07) is -3.55. The average Bonchev–Trinajstić information content (AvgIpc) is 3.29. The van der Waals surface area contributed by atoms with Crippen LogP contribution in [0.4, 0.5) is 0 Å². The lowest BCUT2D eigenvalue weighted by Gasteiger charge is -2.50. The van der Waals surface area contributed by atoms with Crippen LogP contribution >= 0.6 is 0 Å². The Balaban J connectivity index is 1.52. The minimum absolute atomic E-state index is 0.814. The first-order valence-corrected chi connectivity index (χ1v) is 21.2. The van der Waals surface area contributed by atoms with E-state index in [4.69, 9.17) is 42.6 Å². The number of aliphatic carboxylic acids is 1. The summed E-state index contributed by atoms with van der Waals surface area (Å²) in [7, 11) is 0. The van der Waals surface area contributed by atoms with E-state index in [0.29, 0.717) is 0 Å². The van der Waals surface area contributed by atoms with E-state index in [9.17, 15) is 101 Å². The lowest BCUT2D eigenvalue weighted by molar-refractivity contribution is -0.384. The van der Waals surface area contributed by atoms with Crippen molar-refractivity contribution in [3.63, 3.8) is 0 Å². The first-order valence-electron chi connectivity index (χ1n) is 21.2. The maximum atomic E-state index is 13.0. The summed E-state index contributed by atoms with van der Waals surface area (Å²) >= 11 is 0. The highest BCUT2D eigenvalue weighted by molar-refractivity contribution is 5.76. The third-order valence-corrected chi connectivity index (χ3v) is 12.1. The quantitative estimate of drug-likeness (QED) is 0.0606. The van der Waals surface area contributed by atoms with Gasteiger partial charge in [0.15, 0.2) is 25.2 Å². The van der Waals surface area contributed by atoms with E-state index in [1.165, 1.54) is 0 Å². The molecule has 5 rings (SSSR count). The van der Waals surface area contributed by atoms with Crippen LogP contribution in [0.5, 0.6) is 0 Å². The van der Waals surface area contributed by atoms with Crippen LogP contribution in [0.1, 0.15) is 20.3 Å². The Labute approximate surface area is 384 Å². The first-order chi connectivity index (χ1) is 31.9. The fourth-order valence-electron chi connectivity index (χ4n) is 8.43. The van der Waals surface area contributed by atoms with E-state index in [-0.39, 0.29) is 0 Å². The number of ether oxygens (including phenoxy) is 9. The van der Waals surface area contributed by atoms with Gasteiger partial charge in [-0.25, -0.2) is 4.79 Å². The molecular formula is C37H62N2O29. The van der Waals surface area contributed by atoms with Gasteiger partial charge in [0.2, 0.25) is 11.8 Å². The van der Waals surface area contributed by atoms with E-state index in [2.05, 4.69) is 10.6 Å². The fraction of sp³-hybridized carbons (Fsp3) is 0.919. The van der Waals surface area contributed by atoms with Crippen LogP contribution in [0.3, 0.4) is 0 Å². The van der Waals surface area contributed by atoms with Crippen LogP contribution in [-0.2, 0) is 57.0 Å². The van der Waals surface area contributed by atoms with Gasteiger partial charge in [0.25, 0.3) is 5.79 Å². The second-order valence-corrected chi connectivity index (χ2v) is 16.9. The summed E-state index contributed by atoms with van der Waals surface area (Å²) in [5, 5.41) is 184. The minimum Gasteiger partial charge on any atom is -0.477 e. The molecule has 1 unspecified atom stereocenters. The third kappa shape index (κ3) is 12.0. The first kappa shape index (κ1) is 56.3. The van der Waals surface area contributed by atoms with Crippen molar-refractivity contribution in [2.45, 2.75) is 179 Å². The van der Waals surface area contributed by atoms with Crippen LogP contribution in [0, 0.1) is 0 Å². The van der Waals surface area contributed by atoms with E-state index < -0.39 is 216 Å². The van der Waals surface area contributed by atoms with Crippen LogP contribution in [0.25, 0.3) is 0 Å². The number of aliphatic hydroxyl groups is 16. The number of amides is 2.